The van der Waals surface area contributed by atoms with Crippen molar-refractivity contribution in [3.05, 3.63) is 0 Å². The molecule has 1 aliphatic carbocycles. The number of oxime groups is 1. The predicted molar refractivity (Wildman–Crippen MR) is 69.9 cm³/mol. The largest absolute Gasteiger partial charge is 0.411 e. The zero-order valence-electron chi connectivity index (χ0n) is 11.1. The van der Waals surface area contributed by atoms with E-state index < -0.39 is 0 Å². The number of nitrogens with zero attached hydrogens (tertiary/aromatic N) is 1. The molecule has 1 aliphatic heterocycles. The van der Waals surface area contributed by atoms with Crippen molar-refractivity contribution in [3.8, 4) is 0 Å². The van der Waals surface area contributed by atoms with Crippen molar-refractivity contribution < 1.29 is 14.7 Å². The molecule has 1 heterocycles. The molecule has 1 unspecified atom stereocenters. The normalized spacial score (nSPS) is 33.9. The molecule has 2 aliphatic rings. The number of ether oxygens (including phenoxy) is 2. The molecule has 18 heavy (non-hydrogen) atoms. The Balaban J connectivity index is 1.54. The molecule has 0 aromatic heterocycles. The first-order chi connectivity index (χ1) is 8.88. The van der Waals surface area contributed by atoms with Gasteiger partial charge in [-0.15, -0.1) is 5.16 Å². The molecule has 1 saturated carbocycles. The summed E-state index contributed by atoms with van der Waals surface area (Å²) in [5, 5.41) is 11.6. The fourth-order valence-corrected chi connectivity index (χ4v) is 2.93. The quantitative estimate of drug-likeness (QED) is 0.466. The fourth-order valence-electron chi connectivity index (χ4n) is 2.93. The molecule has 1 N–H and O–H groups in total. The number of rotatable bonds is 5. The summed E-state index contributed by atoms with van der Waals surface area (Å²) in [6.07, 6.45) is 11.1. The highest BCUT2D eigenvalue weighted by molar-refractivity contribution is 5.59. The Labute approximate surface area is 109 Å². The minimum Gasteiger partial charge on any atom is -0.411 e. The van der Waals surface area contributed by atoms with Crippen LogP contribution in [-0.4, -0.2) is 30.9 Å². The monoisotopic (exact) mass is 255 g/mol. The summed E-state index contributed by atoms with van der Waals surface area (Å²) >= 11 is 0. The molecule has 0 aromatic carbocycles. The lowest BCUT2D eigenvalue weighted by molar-refractivity contribution is -0.164. The van der Waals surface area contributed by atoms with E-state index in [4.69, 9.17) is 14.7 Å². The molecule has 2 fully saturated rings. The van der Waals surface area contributed by atoms with Gasteiger partial charge in [0.1, 0.15) is 0 Å². The van der Waals surface area contributed by atoms with Gasteiger partial charge in [0.25, 0.3) is 0 Å². The van der Waals surface area contributed by atoms with Crippen LogP contribution in [0.5, 0.6) is 0 Å². The van der Waals surface area contributed by atoms with Gasteiger partial charge in [0.15, 0.2) is 6.29 Å². The van der Waals surface area contributed by atoms with Crippen LogP contribution in [0, 0.1) is 11.8 Å². The third-order valence-corrected chi connectivity index (χ3v) is 4.14. The second-order valence-electron chi connectivity index (χ2n) is 5.50. The predicted octanol–water partition coefficient (Wildman–Crippen LogP) is 3.19. The van der Waals surface area contributed by atoms with Crippen LogP contribution >= 0.6 is 0 Å². The smallest absolute Gasteiger partial charge is 0.157 e. The first kappa shape index (κ1) is 13.8. The molecule has 0 amide bonds. The second-order valence-corrected chi connectivity index (χ2v) is 5.50. The molecular weight excluding hydrogens is 230 g/mol. The van der Waals surface area contributed by atoms with Crippen molar-refractivity contribution >= 4 is 6.21 Å². The molecule has 2 rings (SSSR count). The van der Waals surface area contributed by atoms with Crippen molar-refractivity contribution in [2.45, 2.75) is 57.7 Å². The molecule has 0 radical (unpaired) electrons. The Hall–Kier alpha value is -0.610. The first-order valence-electron chi connectivity index (χ1n) is 7.29. The van der Waals surface area contributed by atoms with E-state index in [1.807, 2.05) is 0 Å². The van der Waals surface area contributed by atoms with E-state index in [-0.39, 0.29) is 6.29 Å². The lowest BCUT2D eigenvalue weighted by Crippen LogP contribution is -2.24. The van der Waals surface area contributed by atoms with Crippen LogP contribution in [0.3, 0.4) is 0 Å². The van der Waals surface area contributed by atoms with Crippen LogP contribution in [0.1, 0.15) is 51.4 Å². The standard InChI is InChI=1S/C14H25NO3/c16-15-11-13-6-4-12(5-7-13)8-10-18-14-3-1-2-9-17-14/h11-14,16H,1-10H2/b15-11-. The maximum atomic E-state index is 8.51. The topological polar surface area (TPSA) is 51.1 Å². The van der Waals surface area contributed by atoms with Crippen molar-refractivity contribution in [2.75, 3.05) is 13.2 Å². The van der Waals surface area contributed by atoms with Gasteiger partial charge in [-0.3, -0.25) is 0 Å². The second kappa shape index (κ2) is 7.74. The minimum atomic E-state index is 0.0524. The third-order valence-electron chi connectivity index (χ3n) is 4.14. The Kier molecular flexibility index (Phi) is 5.94. The van der Waals surface area contributed by atoms with Gasteiger partial charge >= 0.3 is 0 Å². The molecule has 0 spiro atoms. The van der Waals surface area contributed by atoms with Crippen LogP contribution in [-0.2, 0) is 9.47 Å². The highest BCUT2D eigenvalue weighted by atomic mass is 16.7. The molecule has 4 nitrogen and oxygen atoms in total. The SMILES string of the molecule is O/N=C\C1CCC(CCOC2CCCCO2)CC1. The van der Waals surface area contributed by atoms with Gasteiger partial charge < -0.3 is 14.7 Å². The van der Waals surface area contributed by atoms with Crippen LogP contribution in [0.4, 0.5) is 0 Å². The van der Waals surface area contributed by atoms with Crippen molar-refractivity contribution in [1.29, 1.82) is 0 Å². The maximum Gasteiger partial charge on any atom is 0.157 e. The van der Waals surface area contributed by atoms with E-state index in [0.29, 0.717) is 5.92 Å². The first-order valence-corrected chi connectivity index (χ1v) is 7.29. The zero-order valence-corrected chi connectivity index (χ0v) is 11.1. The summed E-state index contributed by atoms with van der Waals surface area (Å²) in [5.41, 5.74) is 0. The molecule has 0 bridgehead atoms. The number of hydrogen-bond acceptors (Lipinski definition) is 4. The number of hydrogen-bond donors (Lipinski definition) is 1. The molecule has 1 atom stereocenters. The Morgan fingerprint density at radius 1 is 1.17 bits per heavy atom. The van der Waals surface area contributed by atoms with E-state index in [2.05, 4.69) is 5.16 Å². The average Bonchev–Trinajstić information content (AvgIpc) is 2.42. The van der Waals surface area contributed by atoms with E-state index in [0.717, 1.165) is 44.8 Å². The summed E-state index contributed by atoms with van der Waals surface area (Å²) in [7, 11) is 0. The van der Waals surface area contributed by atoms with Gasteiger partial charge in [-0.05, 0) is 63.2 Å². The van der Waals surface area contributed by atoms with Crippen LogP contribution < -0.4 is 0 Å². The lowest BCUT2D eigenvalue weighted by atomic mass is 9.81. The summed E-state index contributed by atoms with van der Waals surface area (Å²) in [6.45, 7) is 1.68. The fraction of sp³-hybridized carbons (Fsp3) is 0.929. The Bertz CT molecular complexity index is 243. The highest BCUT2D eigenvalue weighted by Gasteiger charge is 2.21. The molecule has 1 saturated heterocycles. The third kappa shape index (κ3) is 4.58. The van der Waals surface area contributed by atoms with E-state index in [9.17, 15) is 0 Å². The Morgan fingerprint density at radius 2 is 2.00 bits per heavy atom. The zero-order chi connectivity index (χ0) is 12.6. The van der Waals surface area contributed by atoms with E-state index in [1.54, 1.807) is 6.21 Å². The van der Waals surface area contributed by atoms with Gasteiger partial charge in [0, 0.05) is 19.4 Å². The average molecular weight is 255 g/mol. The van der Waals surface area contributed by atoms with Crippen molar-refractivity contribution in [1.82, 2.24) is 0 Å². The molecule has 104 valence electrons. The summed E-state index contributed by atoms with van der Waals surface area (Å²) in [4.78, 5) is 0. The maximum absolute atomic E-state index is 8.51. The molecule has 0 aromatic rings. The minimum absolute atomic E-state index is 0.0524. The van der Waals surface area contributed by atoms with Crippen LogP contribution in [0.25, 0.3) is 0 Å². The molecular formula is C14H25NO3. The molecule has 4 heteroatoms. The van der Waals surface area contributed by atoms with Gasteiger partial charge in [-0.2, -0.15) is 0 Å². The summed E-state index contributed by atoms with van der Waals surface area (Å²) in [5.74, 6) is 1.26. The van der Waals surface area contributed by atoms with Crippen molar-refractivity contribution in [3.63, 3.8) is 0 Å². The van der Waals surface area contributed by atoms with Crippen LogP contribution in [0.15, 0.2) is 5.16 Å². The summed E-state index contributed by atoms with van der Waals surface area (Å²) < 4.78 is 11.3. The summed E-state index contributed by atoms with van der Waals surface area (Å²) in [6, 6.07) is 0. The van der Waals surface area contributed by atoms with Gasteiger partial charge in [-0.25, -0.2) is 0 Å². The van der Waals surface area contributed by atoms with Crippen LogP contribution in [0.2, 0.25) is 0 Å². The van der Waals surface area contributed by atoms with E-state index >= 15 is 0 Å². The lowest BCUT2D eigenvalue weighted by Gasteiger charge is -2.27. The van der Waals surface area contributed by atoms with Crippen molar-refractivity contribution in [2.24, 2.45) is 17.0 Å². The van der Waals surface area contributed by atoms with Gasteiger partial charge in [0.2, 0.25) is 0 Å². The van der Waals surface area contributed by atoms with Gasteiger partial charge in [-0.1, -0.05) is 0 Å². The van der Waals surface area contributed by atoms with E-state index in [1.165, 1.54) is 25.7 Å². The Morgan fingerprint density at radius 3 is 2.67 bits per heavy atom. The highest BCUT2D eigenvalue weighted by Crippen LogP contribution is 2.30. The van der Waals surface area contributed by atoms with Gasteiger partial charge in [0.05, 0.1) is 0 Å².